The fourth-order valence-electron chi connectivity index (χ4n) is 4.17. The van der Waals surface area contributed by atoms with E-state index < -0.39 is 0 Å². The Balaban J connectivity index is 1.35. The minimum atomic E-state index is 0.563. The molecule has 5 heteroatoms. The van der Waals surface area contributed by atoms with Crippen molar-refractivity contribution < 1.29 is 4.74 Å². The molecular formula is C21H26ClN3O. The smallest absolute Gasteiger partial charge is 0.155 e. The molecule has 138 valence electrons. The molecule has 2 aliphatic rings. The zero-order valence-corrected chi connectivity index (χ0v) is 16.1. The summed E-state index contributed by atoms with van der Waals surface area (Å²) in [6.45, 7) is 5.45. The van der Waals surface area contributed by atoms with Crippen molar-refractivity contribution in [3.05, 3.63) is 40.5 Å². The van der Waals surface area contributed by atoms with Gasteiger partial charge in [-0.05, 0) is 87.4 Å². The quantitative estimate of drug-likeness (QED) is 0.699. The third-order valence-corrected chi connectivity index (χ3v) is 5.97. The second-order valence-corrected chi connectivity index (χ2v) is 7.76. The largest absolute Gasteiger partial charge is 0.494 e. The molecule has 0 amide bonds. The summed E-state index contributed by atoms with van der Waals surface area (Å²) < 4.78 is 5.92. The highest BCUT2D eigenvalue weighted by Gasteiger charge is 2.21. The Morgan fingerprint density at radius 2 is 1.92 bits per heavy atom. The number of halogens is 1. The van der Waals surface area contributed by atoms with E-state index >= 15 is 0 Å². The van der Waals surface area contributed by atoms with Crippen LogP contribution in [0.5, 0.6) is 5.75 Å². The second-order valence-electron chi connectivity index (χ2n) is 7.40. The van der Waals surface area contributed by atoms with Crippen molar-refractivity contribution in [1.29, 1.82) is 0 Å². The van der Waals surface area contributed by atoms with Crippen LogP contribution in [0.3, 0.4) is 0 Å². The third kappa shape index (κ3) is 3.72. The fourth-order valence-corrected chi connectivity index (χ4v) is 4.42. The zero-order chi connectivity index (χ0) is 17.9. The van der Waals surface area contributed by atoms with Crippen LogP contribution < -0.4 is 4.74 Å². The van der Waals surface area contributed by atoms with Crippen molar-refractivity contribution in [3.8, 4) is 17.0 Å². The van der Waals surface area contributed by atoms with Crippen molar-refractivity contribution in [2.24, 2.45) is 0 Å². The van der Waals surface area contributed by atoms with Gasteiger partial charge in [-0.1, -0.05) is 11.6 Å². The number of aromatic nitrogens is 2. The summed E-state index contributed by atoms with van der Waals surface area (Å²) in [5, 5.41) is 9.05. The average molecular weight is 372 g/mol. The van der Waals surface area contributed by atoms with Gasteiger partial charge in [0.25, 0.3) is 0 Å². The van der Waals surface area contributed by atoms with Gasteiger partial charge in [0.2, 0.25) is 0 Å². The molecule has 1 aliphatic carbocycles. The summed E-state index contributed by atoms with van der Waals surface area (Å²) >= 11 is 6.18. The van der Waals surface area contributed by atoms with E-state index in [1.807, 2.05) is 12.1 Å². The Bertz CT molecular complexity index is 763. The number of ether oxygens (including phenoxy) is 1. The number of nitrogens with zero attached hydrogens (tertiary/aromatic N) is 3. The highest BCUT2D eigenvalue weighted by molar-refractivity contribution is 6.30. The van der Waals surface area contributed by atoms with E-state index in [0.29, 0.717) is 5.15 Å². The molecule has 0 saturated carbocycles. The molecule has 4 nitrogen and oxygen atoms in total. The van der Waals surface area contributed by atoms with Crippen LogP contribution in [0.4, 0.5) is 0 Å². The van der Waals surface area contributed by atoms with Gasteiger partial charge >= 0.3 is 0 Å². The first-order valence-electron chi connectivity index (χ1n) is 9.73. The first kappa shape index (κ1) is 17.7. The maximum absolute atomic E-state index is 6.18. The van der Waals surface area contributed by atoms with Gasteiger partial charge in [0.05, 0.1) is 12.3 Å². The highest BCUT2D eigenvalue weighted by atomic mass is 35.5. The minimum absolute atomic E-state index is 0.563. The van der Waals surface area contributed by atoms with Crippen LogP contribution in [0.25, 0.3) is 11.3 Å². The monoisotopic (exact) mass is 371 g/mol. The lowest BCUT2D eigenvalue weighted by atomic mass is 10.0. The summed E-state index contributed by atoms with van der Waals surface area (Å²) in [6.07, 6.45) is 6.91. The molecule has 1 aliphatic heterocycles. The summed E-state index contributed by atoms with van der Waals surface area (Å²) in [7, 11) is 0. The minimum Gasteiger partial charge on any atom is -0.494 e. The zero-order valence-electron chi connectivity index (χ0n) is 15.4. The number of hydrogen-bond donors (Lipinski definition) is 0. The summed E-state index contributed by atoms with van der Waals surface area (Å²) in [4.78, 5) is 2.56. The van der Waals surface area contributed by atoms with Crippen LogP contribution in [-0.4, -0.2) is 40.8 Å². The Kier molecular flexibility index (Phi) is 5.41. The summed E-state index contributed by atoms with van der Waals surface area (Å²) in [5.74, 6) is 0.918. The van der Waals surface area contributed by atoms with Gasteiger partial charge in [-0.25, -0.2) is 0 Å². The molecule has 0 N–H and O–H groups in total. The van der Waals surface area contributed by atoms with Gasteiger partial charge in [0.1, 0.15) is 5.75 Å². The van der Waals surface area contributed by atoms with E-state index in [4.69, 9.17) is 16.3 Å². The van der Waals surface area contributed by atoms with Crippen LogP contribution in [0.15, 0.2) is 24.3 Å². The first-order chi connectivity index (χ1) is 12.7. The van der Waals surface area contributed by atoms with Crippen molar-refractivity contribution in [2.45, 2.75) is 51.5 Å². The predicted octanol–water partition coefficient (Wildman–Crippen LogP) is 4.54. The standard InChI is InChI=1S/C21H26ClN3O/c1-15-5-3-12-25(15)13-4-14-26-17-10-8-16(9-11-17)20-18-6-2-7-19(18)21(22)24-23-20/h8-11,15H,2-7,12-14H2,1H3/t15-/m1/s1. The van der Waals surface area contributed by atoms with Crippen molar-refractivity contribution in [3.63, 3.8) is 0 Å². The molecule has 0 spiro atoms. The molecule has 0 radical (unpaired) electrons. The molecule has 1 aromatic heterocycles. The molecular weight excluding hydrogens is 346 g/mol. The number of fused-ring (bicyclic) bond motifs is 1. The number of likely N-dealkylation sites (tertiary alicyclic amines) is 1. The van der Waals surface area contributed by atoms with Crippen molar-refractivity contribution in [2.75, 3.05) is 19.7 Å². The summed E-state index contributed by atoms with van der Waals surface area (Å²) in [6, 6.07) is 8.95. The lowest BCUT2D eigenvalue weighted by molar-refractivity contribution is 0.230. The molecule has 1 atom stereocenters. The van der Waals surface area contributed by atoms with Crippen LogP contribution in [0.1, 0.15) is 43.7 Å². The third-order valence-electron chi connectivity index (χ3n) is 5.67. The van der Waals surface area contributed by atoms with E-state index in [1.54, 1.807) is 0 Å². The summed E-state index contributed by atoms with van der Waals surface area (Å²) in [5.41, 5.74) is 4.49. The molecule has 26 heavy (non-hydrogen) atoms. The van der Waals surface area contributed by atoms with E-state index in [2.05, 4.69) is 34.2 Å². The van der Waals surface area contributed by atoms with Gasteiger partial charge in [-0.15, -0.1) is 10.2 Å². The fraction of sp³-hybridized carbons (Fsp3) is 0.524. The van der Waals surface area contributed by atoms with Crippen LogP contribution in [0.2, 0.25) is 5.15 Å². The molecule has 2 aromatic rings. The molecule has 1 fully saturated rings. The Morgan fingerprint density at radius 1 is 1.12 bits per heavy atom. The Hall–Kier alpha value is -1.65. The van der Waals surface area contributed by atoms with Crippen LogP contribution in [0, 0.1) is 0 Å². The molecule has 1 aromatic carbocycles. The molecule has 1 saturated heterocycles. The number of benzene rings is 1. The van der Waals surface area contributed by atoms with Crippen LogP contribution >= 0.6 is 11.6 Å². The first-order valence-corrected chi connectivity index (χ1v) is 10.1. The van der Waals surface area contributed by atoms with Gasteiger partial charge in [-0.3, -0.25) is 0 Å². The lowest BCUT2D eigenvalue weighted by Gasteiger charge is -2.20. The predicted molar refractivity (Wildman–Crippen MR) is 105 cm³/mol. The van der Waals surface area contributed by atoms with E-state index in [1.165, 1.54) is 30.5 Å². The SMILES string of the molecule is C[C@@H]1CCCN1CCCOc1ccc(-c2nnc(Cl)c3c2CCC3)cc1. The van der Waals surface area contributed by atoms with Gasteiger partial charge < -0.3 is 9.64 Å². The van der Waals surface area contributed by atoms with Gasteiger partial charge in [0, 0.05) is 18.2 Å². The second kappa shape index (κ2) is 7.93. The topological polar surface area (TPSA) is 38.2 Å². The van der Waals surface area contributed by atoms with Crippen molar-refractivity contribution in [1.82, 2.24) is 15.1 Å². The Morgan fingerprint density at radius 3 is 2.69 bits per heavy atom. The normalized spacial score (nSPS) is 19.7. The van der Waals surface area contributed by atoms with Crippen molar-refractivity contribution >= 4 is 11.6 Å². The van der Waals surface area contributed by atoms with E-state index in [9.17, 15) is 0 Å². The lowest BCUT2D eigenvalue weighted by Crippen LogP contribution is -2.28. The maximum Gasteiger partial charge on any atom is 0.155 e. The highest BCUT2D eigenvalue weighted by Crippen LogP contribution is 2.34. The Labute approximate surface area is 160 Å². The van der Waals surface area contributed by atoms with E-state index in [0.717, 1.165) is 61.9 Å². The van der Waals surface area contributed by atoms with Crippen LogP contribution in [-0.2, 0) is 12.8 Å². The average Bonchev–Trinajstić information content (AvgIpc) is 3.30. The molecule has 0 unspecified atom stereocenters. The molecule has 4 rings (SSSR count). The van der Waals surface area contributed by atoms with E-state index in [-0.39, 0.29) is 0 Å². The molecule has 0 bridgehead atoms. The van der Waals surface area contributed by atoms with Gasteiger partial charge in [0.15, 0.2) is 5.15 Å². The maximum atomic E-state index is 6.18. The number of hydrogen-bond acceptors (Lipinski definition) is 4. The van der Waals surface area contributed by atoms with Gasteiger partial charge in [-0.2, -0.15) is 0 Å². The number of rotatable bonds is 6. The molecule has 2 heterocycles.